The van der Waals surface area contributed by atoms with Gasteiger partial charge in [0.1, 0.15) is 0 Å². The molecule has 0 heterocycles. The van der Waals surface area contributed by atoms with Crippen LogP contribution in [0.4, 0.5) is 10.5 Å². The topological polar surface area (TPSA) is 75.4 Å². The zero-order chi connectivity index (χ0) is 17.8. The van der Waals surface area contributed by atoms with Crippen LogP contribution in [-0.4, -0.2) is 28.9 Å². The van der Waals surface area contributed by atoms with Crippen molar-refractivity contribution < 1.29 is 9.59 Å². The lowest BCUT2D eigenvalue weighted by molar-refractivity contribution is -0.118. The Kier molecular flexibility index (Phi) is 6.19. The predicted molar refractivity (Wildman–Crippen MR) is 94.1 cm³/mol. The number of nitrogens with zero attached hydrogens (tertiary/aromatic N) is 1. The van der Waals surface area contributed by atoms with Crippen LogP contribution in [0.15, 0.2) is 18.2 Å². The Labute approximate surface area is 139 Å². The second-order valence-corrected chi connectivity index (χ2v) is 7.17. The number of nitrogens with two attached hydrogens (primary N) is 1. The summed E-state index contributed by atoms with van der Waals surface area (Å²) >= 11 is 0. The summed E-state index contributed by atoms with van der Waals surface area (Å²) < 4.78 is 0. The number of hydrogen-bond acceptors (Lipinski definition) is 3. The highest BCUT2D eigenvalue weighted by Gasteiger charge is 2.32. The van der Waals surface area contributed by atoms with Crippen molar-refractivity contribution in [2.45, 2.75) is 53.5 Å². The number of imide groups is 1. The molecule has 0 unspecified atom stereocenters. The van der Waals surface area contributed by atoms with E-state index in [-0.39, 0.29) is 11.9 Å². The molecule has 0 saturated carbocycles. The van der Waals surface area contributed by atoms with Crippen LogP contribution in [0, 0.1) is 12.8 Å². The molecule has 0 spiro atoms. The average molecular weight is 319 g/mol. The van der Waals surface area contributed by atoms with Gasteiger partial charge < -0.3 is 10.6 Å². The third-order valence-corrected chi connectivity index (χ3v) is 3.80. The van der Waals surface area contributed by atoms with Crippen LogP contribution >= 0.6 is 0 Å². The Balaban J connectivity index is 3.05. The van der Waals surface area contributed by atoms with Gasteiger partial charge in [-0.1, -0.05) is 19.9 Å². The van der Waals surface area contributed by atoms with Crippen molar-refractivity contribution in [3.05, 3.63) is 29.3 Å². The van der Waals surface area contributed by atoms with E-state index >= 15 is 0 Å². The van der Waals surface area contributed by atoms with Crippen LogP contribution < -0.4 is 11.1 Å². The molecule has 5 nitrogen and oxygen atoms in total. The maximum atomic E-state index is 12.4. The molecule has 0 aliphatic heterocycles. The highest BCUT2D eigenvalue weighted by atomic mass is 16.2. The predicted octanol–water partition coefficient (Wildman–Crippen LogP) is 3.11. The lowest BCUT2D eigenvalue weighted by atomic mass is 9.90. The second-order valence-electron chi connectivity index (χ2n) is 7.17. The molecule has 0 radical (unpaired) electrons. The molecule has 1 rings (SSSR count). The second kappa shape index (κ2) is 7.49. The number of benzene rings is 1. The molecule has 5 heteroatoms. The molecule has 0 atom stereocenters. The third-order valence-electron chi connectivity index (χ3n) is 3.80. The van der Waals surface area contributed by atoms with E-state index < -0.39 is 5.54 Å². The third kappa shape index (κ3) is 5.58. The van der Waals surface area contributed by atoms with Crippen molar-refractivity contribution in [1.82, 2.24) is 10.2 Å². The van der Waals surface area contributed by atoms with Crippen LogP contribution in [-0.2, 0) is 11.2 Å². The van der Waals surface area contributed by atoms with Gasteiger partial charge in [-0.15, -0.1) is 0 Å². The van der Waals surface area contributed by atoms with Crippen molar-refractivity contribution in [2.24, 2.45) is 5.92 Å². The van der Waals surface area contributed by atoms with Gasteiger partial charge in [-0.3, -0.25) is 10.1 Å². The molecule has 0 fully saturated rings. The minimum Gasteiger partial charge on any atom is -0.399 e. The number of urea groups is 1. The summed E-state index contributed by atoms with van der Waals surface area (Å²) in [5.41, 5.74) is 8.37. The molecular formula is C18H29N3O2. The summed E-state index contributed by atoms with van der Waals surface area (Å²) in [4.78, 5) is 25.4. The first-order valence-electron chi connectivity index (χ1n) is 7.97. The van der Waals surface area contributed by atoms with E-state index in [0.717, 1.165) is 16.8 Å². The number of amides is 3. The van der Waals surface area contributed by atoms with Gasteiger partial charge in [0.2, 0.25) is 5.91 Å². The van der Waals surface area contributed by atoms with E-state index in [0.29, 0.717) is 18.9 Å². The quantitative estimate of drug-likeness (QED) is 0.819. The summed E-state index contributed by atoms with van der Waals surface area (Å²) in [5, 5.41) is 2.39. The molecule has 0 aliphatic rings. The average Bonchev–Trinajstić information content (AvgIpc) is 2.38. The fourth-order valence-electron chi connectivity index (χ4n) is 2.67. The molecule has 0 aromatic heterocycles. The van der Waals surface area contributed by atoms with Crippen LogP contribution in [0.2, 0.25) is 0 Å². The number of nitrogen functional groups attached to an aromatic ring is 1. The number of rotatable bonds is 5. The van der Waals surface area contributed by atoms with Crippen molar-refractivity contribution in [1.29, 1.82) is 0 Å². The summed E-state index contributed by atoms with van der Waals surface area (Å²) in [5.74, 6) is -0.0391. The molecule has 3 amide bonds. The van der Waals surface area contributed by atoms with Crippen LogP contribution in [0.1, 0.15) is 45.7 Å². The number of nitrogens with one attached hydrogen (secondary N) is 1. The molecule has 3 N–H and O–H groups in total. The first-order chi connectivity index (χ1) is 10.5. The molecule has 1 aromatic rings. The van der Waals surface area contributed by atoms with E-state index in [9.17, 15) is 9.59 Å². The molecule has 0 bridgehead atoms. The molecular weight excluding hydrogens is 290 g/mol. The zero-order valence-electron chi connectivity index (χ0n) is 15.1. The molecule has 23 heavy (non-hydrogen) atoms. The van der Waals surface area contributed by atoms with Gasteiger partial charge in [-0.2, -0.15) is 0 Å². The minimum absolute atomic E-state index is 0.305. The van der Waals surface area contributed by atoms with E-state index in [1.54, 1.807) is 4.90 Å². The Morgan fingerprint density at radius 1 is 1.30 bits per heavy atom. The number of carbonyl (C=O) groups is 2. The highest BCUT2D eigenvalue weighted by molar-refractivity contribution is 5.93. The van der Waals surface area contributed by atoms with Gasteiger partial charge in [0.05, 0.1) is 0 Å². The van der Waals surface area contributed by atoms with Crippen LogP contribution in [0.25, 0.3) is 0 Å². The highest BCUT2D eigenvalue weighted by Crippen LogP contribution is 2.25. The fourth-order valence-corrected chi connectivity index (χ4v) is 2.67. The van der Waals surface area contributed by atoms with E-state index in [1.807, 2.05) is 39.0 Å². The van der Waals surface area contributed by atoms with Gasteiger partial charge in [0.15, 0.2) is 0 Å². The Morgan fingerprint density at radius 2 is 1.91 bits per heavy atom. The van der Waals surface area contributed by atoms with Crippen molar-refractivity contribution in [2.75, 3.05) is 12.3 Å². The first-order valence-corrected chi connectivity index (χ1v) is 7.97. The Morgan fingerprint density at radius 3 is 2.39 bits per heavy atom. The number of aryl methyl sites for hydroxylation is 1. The summed E-state index contributed by atoms with van der Waals surface area (Å²) in [6.07, 6.45) is 0.692. The summed E-state index contributed by atoms with van der Waals surface area (Å²) in [6, 6.07) is 5.47. The van der Waals surface area contributed by atoms with Crippen molar-refractivity contribution >= 4 is 17.6 Å². The number of hydrogen-bond donors (Lipinski definition) is 2. The largest absolute Gasteiger partial charge is 0.399 e. The van der Waals surface area contributed by atoms with Gasteiger partial charge in [0, 0.05) is 24.7 Å². The zero-order valence-corrected chi connectivity index (χ0v) is 15.1. The first kappa shape index (κ1) is 19.0. The van der Waals surface area contributed by atoms with Crippen LogP contribution in [0.5, 0.6) is 0 Å². The smallest absolute Gasteiger partial charge is 0.324 e. The van der Waals surface area contributed by atoms with Gasteiger partial charge in [-0.05, 0) is 56.4 Å². The van der Waals surface area contributed by atoms with E-state index in [1.165, 1.54) is 6.92 Å². The van der Waals surface area contributed by atoms with Crippen molar-refractivity contribution in [3.8, 4) is 0 Å². The SMILES string of the molecule is CC(=O)NC(=O)N(CC(C)C)C(C)(C)Cc1ccc(N)cc1C. The normalized spacial score (nSPS) is 11.4. The Bertz CT molecular complexity index is 580. The molecule has 128 valence electrons. The molecule has 1 aromatic carbocycles. The monoisotopic (exact) mass is 319 g/mol. The van der Waals surface area contributed by atoms with Gasteiger partial charge in [-0.25, -0.2) is 4.79 Å². The standard InChI is InChI=1S/C18H29N3O2/c1-12(2)11-21(17(23)20-14(4)22)18(5,6)10-15-7-8-16(19)9-13(15)3/h7-9,12H,10-11,19H2,1-6H3,(H,20,22,23). The summed E-state index contributed by atoms with van der Waals surface area (Å²) in [7, 11) is 0. The molecule has 0 aliphatic carbocycles. The van der Waals surface area contributed by atoms with Crippen molar-refractivity contribution in [3.63, 3.8) is 0 Å². The number of carbonyl (C=O) groups excluding carboxylic acids is 2. The van der Waals surface area contributed by atoms with Gasteiger partial charge in [0.25, 0.3) is 0 Å². The lowest BCUT2D eigenvalue weighted by Gasteiger charge is -2.40. The lowest BCUT2D eigenvalue weighted by Crippen LogP contribution is -2.55. The maximum Gasteiger partial charge on any atom is 0.324 e. The van der Waals surface area contributed by atoms with E-state index in [4.69, 9.17) is 5.73 Å². The van der Waals surface area contributed by atoms with E-state index in [2.05, 4.69) is 19.2 Å². The fraction of sp³-hybridized carbons (Fsp3) is 0.556. The maximum absolute atomic E-state index is 12.4. The van der Waals surface area contributed by atoms with Crippen LogP contribution in [0.3, 0.4) is 0 Å². The number of anilines is 1. The minimum atomic E-state index is -0.426. The van der Waals surface area contributed by atoms with Gasteiger partial charge >= 0.3 is 6.03 Å². The summed E-state index contributed by atoms with van der Waals surface area (Å²) in [6.45, 7) is 12.1. The Hall–Kier alpha value is -2.04. The molecule has 0 saturated heterocycles.